The molecule has 7 heteroatoms. The summed E-state index contributed by atoms with van der Waals surface area (Å²) >= 11 is 1.39. The van der Waals surface area contributed by atoms with E-state index < -0.39 is 0 Å². The maximum Gasteiger partial charge on any atom is 0.308 e. The van der Waals surface area contributed by atoms with Gasteiger partial charge in [-0.3, -0.25) is 9.59 Å². The highest BCUT2D eigenvalue weighted by Crippen LogP contribution is 2.28. The summed E-state index contributed by atoms with van der Waals surface area (Å²) in [5, 5.41) is 5.12. The predicted octanol–water partition coefficient (Wildman–Crippen LogP) is 2.35. The Morgan fingerprint density at radius 2 is 2.10 bits per heavy atom. The zero-order chi connectivity index (χ0) is 15.2. The van der Waals surface area contributed by atoms with Gasteiger partial charge >= 0.3 is 5.97 Å². The molecule has 1 aliphatic carbocycles. The van der Waals surface area contributed by atoms with Crippen LogP contribution in [0.25, 0.3) is 0 Å². The van der Waals surface area contributed by atoms with Crippen LogP contribution in [0.3, 0.4) is 0 Å². The fourth-order valence-corrected chi connectivity index (χ4v) is 3.16. The Labute approximate surface area is 127 Å². The van der Waals surface area contributed by atoms with Crippen LogP contribution in [0.4, 0.5) is 5.13 Å². The highest BCUT2D eigenvalue weighted by atomic mass is 32.1. The van der Waals surface area contributed by atoms with Crippen molar-refractivity contribution in [3.8, 4) is 0 Å². The van der Waals surface area contributed by atoms with Crippen molar-refractivity contribution in [2.45, 2.75) is 45.3 Å². The van der Waals surface area contributed by atoms with Gasteiger partial charge in [-0.2, -0.15) is 0 Å². The van der Waals surface area contributed by atoms with E-state index in [-0.39, 0.29) is 23.9 Å². The molecule has 116 valence electrons. The van der Waals surface area contributed by atoms with Gasteiger partial charge in [0.25, 0.3) is 0 Å². The van der Waals surface area contributed by atoms with Crippen LogP contribution in [-0.4, -0.2) is 30.1 Å². The summed E-state index contributed by atoms with van der Waals surface area (Å²) in [5.41, 5.74) is 0.818. The van der Waals surface area contributed by atoms with Gasteiger partial charge in [0.05, 0.1) is 31.4 Å². The van der Waals surface area contributed by atoms with Crippen LogP contribution < -0.4 is 5.32 Å². The molecule has 6 nitrogen and oxygen atoms in total. The minimum atomic E-state index is -0.127. The lowest BCUT2D eigenvalue weighted by atomic mass is 9.87. The maximum atomic E-state index is 11.4. The summed E-state index contributed by atoms with van der Waals surface area (Å²) in [6.07, 6.45) is 3.51. The first-order chi connectivity index (χ1) is 10.1. The summed E-state index contributed by atoms with van der Waals surface area (Å²) in [4.78, 5) is 26.6. The second-order valence-corrected chi connectivity index (χ2v) is 5.99. The molecule has 1 amide bonds. The maximum absolute atomic E-state index is 11.4. The van der Waals surface area contributed by atoms with Crippen LogP contribution >= 0.6 is 11.3 Å². The molecule has 0 radical (unpaired) electrons. The van der Waals surface area contributed by atoms with Crippen LogP contribution in [0.2, 0.25) is 0 Å². The number of hydrogen-bond donors (Lipinski definition) is 1. The molecule has 0 bridgehead atoms. The van der Waals surface area contributed by atoms with Gasteiger partial charge in [-0.1, -0.05) is 0 Å². The van der Waals surface area contributed by atoms with Gasteiger partial charge in [0, 0.05) is 12.3 Å². The molecule has 1 fully saturated rings. The second kappa shape index (κ2) is 7.51. The van der Waals surface area contributed by atoms with Crippen molar-refractivity contribution in [1.29, 1.82) is 0 Å². The number of hydrogen-bond acceptors (Lipinski definition) is 6. The summed E-state index contributed by atoms with van der Waals surface area (Å²) in [5.74, 6) is -0.230. The van der Waals surface area contributed by atoms with E-state index in [2.05, 4.69) is 10.3 Å². The molecule has 0 spiro atoms. The lowest BCUT2D eigenvalue weighted by molar-refractivity contribution is -0.147. The molecule has 0 atom stereocenters. The number of carbonyl (C=O) groups excluding carboxylic acids is 2. The molecule has 0 unspecified atom stereocenters. The summed E-state index contributed by atoms with van der Waals surface area (Å²) in [7, 11) is 1.43. The van der Waals surface area contributed by atoms with Crippen molar-refractivity contribution >= 4 is 28.3 Å². The van der Waals surface area contributed by atoms with Crippen LogP contribution in [0, 0.1) is 5.92 Å². The van der Waals surface area contributed by atoms with E-state index in [0.29, 0.717) is 11.7 Å². The number of ether oxygens (including phenoxy) is 2. The average Bonchev–Trinajstić information content (AvgIpc) is 2.91. The minimum Gasteiger partial charge on any atom is -0.469 e. The number of nitrogens with one attached hydrogen (secondary N) is 1. The normalized spacial score (nSPS) is 21.8. The molecule has 1 saturated carbocycles. The van der Waals surface area contributed by atoms with Crippen LogP contribution in [0.1, 0.15) is 38.3 Å². The Bertz CT molecular complexity index is 495. The SMILES string of the molecule is COC(=O)C1CCC(OCc2csc(NC(C)=O)n2)CC1. The molecule has 1 aliphatic rings. The molecular weight excluding hydrogens is 292 g/mol. The summed E-state index contributed by atoms with van der Waals surface area (Å²) < 4.78 is 10.6. The molecule has 1 heterocycles. The highest BCUT2D eigenvalue weighted by molar-refractivity contribution is 7.13. The first kappa shape index (κ1) is 15.9. The Morgan fingerprint density at radius 1 is 1.38 bits per heavy atom. The van der Waals surface area contributed by atoms with Crippen molar-refractivity contribution in [3.63, 3.8) is 0 Å². The number of thiazole rings is 1. The van der Waals surface area contributed by atoms with E-state index in [0.717, 1.165) is 31.4 Å². The third kappa shape index (κ3) is 4.78. The zero-order valence-electron chi connectivity index (χ0n) is 12.3. The average molecular weight is 312 g/mol. The largest absolute Gasteiger partial charge is 0.469 e. The molecule has 21 heavy (non-hydrogen) atoms. The van der Waals surface area contributed by atoms with E-state index in [1.54, 1.807) is 0 Å². The van der Waals surface area contributed by atoms with E-state index >= 15 is 0 Å². The van der Waals surface area contributed by atoms with Gasteiger partial charge in [-0.05, 0) is 25.7 Å². The summed E-state index contributed by atoms with van der Waals surface area (Å²) in [6.45, 7) is 1.89. The quantitative estimate of drug-likeness (QED) is 0.844. The van der Waals surface area contributed by atoms with E-state index in [1.807, 2.05) is 5.38 Å². The Morgan fingerprint density at radius 3 is 2.71 bits per heavy atom. The Hall–Kier alpha value is -1.47. The number of carbonyl (C=O) groups is 2. The van der Waals surface area contributed by atoms with Crippen LogP contribution in [-0.2, 0) is 25.7 Å². The zero-order valence-corrected chi connectivity index (χ0v) is 13.1. The van der Waals surface area contributed by atoms with Crippen molar-refractivity contribution in [2.75, 3.05) is 12.4 Å². The van der Waals surface area contributed by atoms with Gasteiger partial charge in [0.15, 0.2) is 5.13 Å². The first-order valence-electron chi connectivity index (χ1n) is 7.00. The lowest BCUT2D eigenvalue weighted by Gasteiger charge is -2.26. The lowest BCUT2D eigenvalue weighted by Crippen LogP contribution is -2.26. The molecule has 1 aromatic heterocycles. The predicted molar refractivity (Wildman–Crippen MR) is 79.0 cm³/mol. The number of aromatic nitrogens is 1. The van der Waals surface area contributed by atoms with Gasteiger partial charge in [0.1, 0.15) is 0 Å². The van der Waals surface area contributed by atoms with E-state index in [1.165, 1.54) is 25.4 Å². The molecule has 1 N–H and O–H groups in total. The number of methoxy groups -OCH3 is 1. The Balaban J connectivity index is 1.73. The molecule has 0 aromatic carbocycles. The van der Waals surface area contributed by atoms with Gasteiger partial charge in [-0.15, -0.1) is 11.3 Å². The topological polar surface area (TPSA) is 77.5 Å². The molecular formula is C14H20N2O4S. The first-order valence-corrected chi connectivity index (χ1v) is 7.88. The highest BCUT2D eigenvalue weighted by Gasteiger charge is 2.27. The minimum absolute atomic E-state index is 0.0143. The number of amides is 1. The number of anilines is 1. The van der Waals surface area contributed by atoms with Crippen molar-refractivity contribution < 1.29 is 19.1 Å². The monoisotopic (exact) mass is 312 g/mol. The molecule has 2 rings (SSSR count). The standard InChI is InChI=1S/C14H20N2O4S/c1-9(17)15-14-16-11(8-21-14)7-20-12-5-3-10(4-6-12)13(18)19-2/h8,10,12H,3-7H2,1-2H3,(H,15,16,17). The summed E-state index contributed by atoms with van der Waals surface area (Å²) in [6, 6.07) is 0. The Kier molecular flexibility index (Phi) is 5.69. The van der Waals surface area contributed by atoms with Crippen molar-refractivity contribution in [2.24, 2.45) is 5.92 Å². The van der Waals surface area contributed by atoms with Crippen LogP contribution in [0.15, 0.2) is 5.38 Å². The third-order valence-electron chi connectivity index (χ3n) is 3.51. The number of rotatable bonds is 5. The molecule has 0 aliphatic heterocycles. The van der Waals surface area contributed by atoms with Crippen molar-refractivity contribution in [1.82, 2.24) is 4.98 Å². The molecule has 0 saturated heterocycles. The van der Waals surface area contributed by atoms with Gasteiger partial charge in [-0.25, -0.2) is 4.98 Å². The number of esters is 1. The van der Waals surface area contributed by atoms with E-state index in [9.17, 15) is 9.59 Å². The fourth-order valence-electron chi connectivity index (χ4n) is 2.42. The van der Waals surface area contributed by atoms with Crippen LogP contribution in [0.5, 0.6) is 0 Å². The van der Waals surface area contributed by atoms with Gasteiger partial charge in [0.2, 0.25) is 5.91 Å². The number of nitrogens with zero attached hydrogens (tertiary/aromatic N) is 1. The smallest absolute Gasteiger partial charge is 0.308 e. The van der Waals surface area contributed by atoms with Crippen molar-refractivity contribution in [3.05, 3.63) is 11.1 Å². The third-order valence-corrected chi connectivity index (χ3v) is 4.32. The van der Waals surface area contributed by atoms with Gasteiger partial charge < -0.3 is 14.8 Å². The molecule has 1 aromatic rings. The second-order valence-electron chi connectivity index (χ2n) is 5.13. The fraction of sp³-hybridized carbons (Fsp3) is 0.643. The van der Waals surface area contributed by atoms with E-state index in [4.69, 9.17) is 9.47 Å².